The highest BCUT2D eigenvalue weighted by Gasteiger charge is 2.37. The van der Waals surface area contributed by atoms with E-state index in [0.717, 1.165) is 11.1 Å². The first kappa shape index (κ1) is 23.3. The minimum absolute atomic E-state index is 0.285. The summed E-state index contributed by atoms with van der Waals surface area (Å²) >= 11 is 0. The van der Waals surface area contributed by atoms with E-state index in [2.05, 4.69) is 0 Å². The maximum atomic E-state index is 13.6. The molecule has 1 heterocycles. The van der Waals surface area contributed by atoms with Crippen LogP contribution in [0.4, 0.5) is 11.4 Å². The number of hydrogen-bond donors (Lipinski definition) is 0. The largest absolute Gasteiger partial charge is 0.489 e. The summed E-state index contributed by atoms with van der Waals surface area (Å²) in [6, 6.07) is 22.9. The van der Waals surface area contributed by atoms with Gasteiger partial charge in [0, 0.05) is 24.3 Å². The van der Waals surface area contributed by atoms with Gasteiger partial charge in [-0.05, 0) is 43.7 Å². The first-order valence-electron chi connectivity index (χ1n) is 11.0. The van der Waals surface area contributed by atoms with Gasteiger partial charge in [-0.1, -0.05) is 48.5 Å². The smallest absolute Gasteiger partial charge is 0.331 e. The molecule has 1 aliphatic rings. The molecule has 0 unspecified atom stereocenters. The molecule has 1 amide bonds. The van der Waals surface area contributed by atoms with Crippen LogP contribution in [-0.2, 0) is 31.3 Å². The van der Waals surface area contributed by atoms with Crippen LogP contribution >= 0.6 is 0 Å². The van der Waals surface area contributed by atoms with Crippen molar-refractivity contribution in [2.24, 2.45) is 0 Å². The number of esters is 1. The van der Waals surface area contributed by atoms with Crippen molar-refractivity contribution < 1.29 is 23.8 Å². The Bertz CT molecular complexity index is 1250. The number of carbonyl (C=O) groups excluding carboxylic acids is 2. The van der Waals surface area contributed by atoms with Gasteiger partial charge in [-0.25, -0.2) is 4.79 Å². The van der Waals surface area contributed by atoms with E-state index in [-0.39, 0.29) is 11.5 Å². The first-order chi connectivity index (χ1) is 16.4. The zero-order valence-corrected chi connectivity index (χ0v) is 19.7. The van der Waals surface area contributed by atoms with Gasteiger partial charge in [0.1, 0.15) is 12.4 Å². The normalized spacial score (nSPS) is 14.3. The van der Waals surface area contributed by atoms with E-state index in [4.69, 9.17) is 14.2 Å². The van der Waals surface area contributed by atoms with Crippen LogP contribution < -0.4 is 9.64 Å². The summed E-state index contributed by atoms with van der Waals surface area (Å²) in [4.78, 5) is 27.1. The van der Waals surface area contributed by atoms with Gasteiger partial charge in [0.25, 0.3) is 5.91 Å². The van der Waals surface area contributed by atoms with Gasteiger partial charge < -0.3 is 14.2 Å². The number of fused-ring (bicyclic) bond motifs is 1. The lowest BCUT2D eigenvalue weighted by molar-refractivity contribution is -0.135. The van der Waals surface area contributed by atoms with Crippen molar-refractivity contribution in [1.82, 2.24) is 0 Å². The molecule has 0 aromatic heterocycles. The number of hydrogen-bond acceptors (Lipinski definition) is 5. The zero-order valence-electron chi connectivity index (χ0n) is 19.7. The third kappa shape index (κ3) is 4.45. The maximum Gasteiger partial charge on any atom is 0.331 e. The van der Waals surface area contributed by atoms with Crippen LogP contribution in [0.1, 0.15) is 30.5 Å². The molecule has 6 heteroatoms. The molecule has 0 radical (unpaired) electrons. The lowest BCUT2D eigenvalue weighted by Crippen LogP contribution is -2.27. The highest BCUT2D eigenvalue weighted by Crippen LogP contribution is 2.45. The maximum absolute atomic E-state index is 13.6. The van der Waals surface area contributed by atoms with E-state index >= 15 is 0 Å². The first-order valence-corrected chi connectivity index (χ1v) is 11.0. The van der Waals surface area contributed by atoms with Crippen LogP contribution in [0.5, 0.6) is 5.75 Å². The molecular weight excluding hydrogens is 430 g/mol. The summed E-state index contributed by atoms with van der Waals surface area (Å²) in [5, 5.41) is 0. The molecule has 0 aliphatic carbocycles. The van der Waals surface area contributed by atoms with Crippen molar-refractivity contribution in [1.29, 1.82) is 0 Å². The molecule has 6 nitrogen and oxygen atoms in total. The van der Waals surface area contributed by atoms with Gasteiger partial charge in [0.2, 0.25) is 0 Å². The van der Waals surface area contributed by atoms with Crippen LogP contribution in [0.2, 0.25) is 0 Å². The molecule has 1 aliphatic heterocycles. The molecule has 0 saturated heterocycles. The molecular formula is C28H27NO5. The molecule has 0 bridgehead atoms. The highest BCUT2D eigenvalue weighted by atomic mass is 16.5. The average molecular weight is 458 g/mol. The van der Waals surface area contributed by atoms with Gasteiger partial charge in [-0.2, -0.15) is 0 Å². The van der Waals surface area contributed by atoms with Crippen molar-refractivity contribution in [2.45, 2.75) is 26.1 Å². The number of amides is 1. The van der Waals surface area contributed by atoms with E-state index in [1.807, 2.05) is 86.6 Å². The molecule has 3 aromatic rings. The molecule has 0 fully saturated rings. The third-order valence-electron chi connectivity index (χ3n) is 5.95. The monoisotopic (exact) mass is 457 g/mol. The summed E-state index contributed by atoms with van der Waals surface area (Å²) in [6.07, 6.45) is 1.24. The predicted molar refractivity (Wildman–Crippen MR) is 131 cm³/mol. The van der Waals surface area contributed by atoms with E-state index in [1.165, 1.54) is 13.2 Å². The lowest BCUT2D eigenvalue weighted by atomic mass is 9.95. The second-order valence-corrected chi connectivity index (χ2v) is 8.41. The fourth-order valence-corrected chi connectivity index (χ4v) is 3.93. The Morgan fingerprint density at radius 3 is 2.35 bits per heavy atom. The molecule has 4 rings (SSSR count). The molecule has 0 atom stereocenters. The Labute approximate surface area is 199 Å². The number of ether oxygens (including phenoxy) is 3. The van der Waals surface area contributed by atoms with Gasteiger partial charge >= 0.3 is 5.97 Å². The van der Waals surface area contributed by atoms with Crippen LogP contribution in [0.3, 0.4) is 0 Å². The minimum atomic E-state index is -0.717. The predicted octanol–water partition coefficient (Wildman–Crippen LogP) is 5.38. The molecule has 0 saturated carbocycles. The van der Waals surface area contributed by atoms with Gasteiger partial charge in [0.15, 0.2) is 0 Å². The second kappa shape index (κ2) is 9.53. The SMILES string of the molecule is COC(=O)/C=C1/C(=O)N(c2ccc(OCc3ccccc3)cc2C(C)(C)OC)c2ccccc21. The zero-order chi connectivity index (χ0) is 24.3. The van der Waals surface area contributed by atoms with Crippen LogP contribution in [0, 0.1) is 0 Å². The number of para-hydroxylation sites is 1. The number of anilines is 2. The number of methoxy groups -OCH3 is 2. The number of benzene rings is 3. The minimum Gasteiger partial charge on any atom is -0.489 e. The summed E-state index contributed by atoms with van der Waals surface area (Å²) in [6.45, 7) is 4.29. The Kier molecular flexibility index (Phi) is 6.52. The van der Waals surface area contributed by atoms with Crippen LogP contribution in [0.25, 0.3) is 5.57 Å². The van der Waals surface area contributed by atoms with Gasteiger partial charge in [-0.15, -0.1) is 0 Å². The number of rotatable bonds is 7. The fraction of sp³-hybridized carbons (Fsp3) is 0.214. The van der Waals surface area contributed by atoms with Crippen molar-refractivity contribution in [2.75, 3.05) is 19.1 Å². The Hall–Kier alpha value is -3.90. The highest BCUT2D eigenvalue weighted by molar-refractivity contribution is 6.37. The lowest BCUT2D eigenvalue weighted by Gasteiger charge is -2.30. The quantitative estimate of drug-likeness (QED) is 0.352. The standard InChI is InChI=1S/C28H27NO5/c1-28(2,33-4)23-16-20(34-18-19-10-6-5-7-11-19)14-15-25(23)29-24-13-9-8-12-21(24)22(27(29)31)17-26(30)32-3/h5-17H,18H2,1-4H3/b22-17+. The second-order valence-electron chi connectivity index (χ2n) is 8.41. The summed E-state index contributed by atoms with van der Waals surface area (Å²) in [7, 11) is 2.92. The van der Waals surface area contributed by atoms with Crippen molar-refractivity contribution in [3.8, 4) is 5.75 Å². The molecule has 3 aromatic carbocycles. The molecule has 0 N–H and O–H groups in total. The average Bonchev–Trinajstić information content (AvgIpc) is 3.14. The van der Waals surface area contributed by atoms with Crippen molar-refractivity contribution in [3.05, 3.63) is 95.6 Å². The molecule has 0 spiro atoms. The number of nitrogens with zero attached hydrogens (tertiary/aromatic N) is 1. The van der Waals surface area contributed by atoms with E-state index < -0.39 is 11.6 Å². The van der Waals surface area contributed by atoms with Crippen molar-refractivity contribution in [3.63, 3.8) is 0 Å². The Balaban J connectivity index is 1.78. The Morgan fingerprint density at radius 2 is 1.65 bits per heavy atom. The van der Waals surface area contributed by atoms with E-state index in [0.29, 0.717) is 29.3 Å². The topological polar surface area (TPSA) is 65.1 Å². The molecule has 174 valence electrons. The summed E-state index contributed by atoms with van der Waals surface area (Å²) in [5.74, 6) is -0.224. The van der Waals surface area contributed by atoms with Gasteiger partial charge in [0.05, 0.1) is 29.7 Å². The van der Waals surface area contributed by atoms with Crippen LogP contribution in [0.15, 0.2) is 78.9 Å². The van der Waals surface area contributed by atoms with Gasteiger partial charge in [-0.3, -0.25) is 9.69 Å². The summed E-state index contributed by atoms with van der Waals surface area (Å²) in [5.41, 5.74) is 3.42. The number of carbonyl (C=O) groups is 2. The summed E-state index contributed by atoms with van der Waals surface area (Å²) < 4.78 is 16.6. The van der Waals surface area contributed by atoms with Crippen molar-refractivity contribution >= 4 is 28.8 Å². The third-order valence-corrected chi connectivity index (χ3v) is 5.95. The molecule has 34 heavy (non-hydrogen) atoms. The Morgan fingerprint density at radius 1 is 0.941 bits per heavy atom. The van der Waals surface area contributed by atoms with E-state index in [9.17, 15) is 9.59 Å². The van der Waals surface area contributed by atoms with Crippen LogP contribution in [-0.4, -0.2) is 26.1 Å². The fourth-order valence-electron chi connectivity index (χ4n) is 3.93. The van der Waals surface area contributed by atoms with E-state index in [1.54, 1.807) is 12.0 Å².